The van der Waals surface area contributed by atoms with Gasteiger partial charge in [-0.15, -0.1) is 0 Å². The third-order valence-electron chi connectivity index (χ3n) is 2.18. The Kier molecular flexibility index (Phi) is 4.97. The van der Waals surface area contributed by atoms with Crippen molar-refractivity contribution in [2.75, 3.05) is 0 Å². The van der Waals surface area contributed by atoms with Crippen molar-refractivity contribution in [3.8, 4) is 0 Å². The average Bonchev–Trinajstić information content (AvgIpc) is 1.99. The second-order valence-electron chi connectivity index (χ2n) is 5.63. The standard InChI is InChI=1S/C12H22O4/c1-11(2,3)16-9(13)7-6-8-12(4,5)10(14)15/h6-8H2,1-5H3,(H,14,15). The van der Waals surface area contributed by atoms with E-state index in [4.69, 9.17) is 9.84 Å². The first-order valence-electron chi connectivity index (χ1n) is 5.50. The van der Waals surface area contributed by atoms with Gasteiger partial charge in [-0.1, -0.05) is 0 Å². The Morgan fingerprint density at radius 3 is 2.00 bits per heavy atom. The van der Waals surface area contributed by atoms with E-state index in [1.54, 1.807) is 13.8 Å². The Labute approximate surface area is 97.0 Å². The molecule has 94 valence electrons. The van der Waals surface area contributed by atoms with E-state index < -0.39 is 17.0 Å². The lowest BCUT2D eigenvalue weighted by Gasteiger charge is -2.21. The predicted octanol–water partition coefficient (Wildman–Crippen LogP) is 2.61. The van der Waals surface area contributed by atoms with Gasteiger partial charge in [0.25, 0.3) is 0 Å². The van der Waals surface area contributed by atoms with Gasteiger partial charge < -0.3 is 9.84 Å². The molecule has 4 heteroatoms. The van der Waals surface area contributed by atoms with Crippen LogP contribution in [0.25, 0.3) is 0 Å². The molecule has 0 aromatic heterocycles. The topological polar surface area (TPSA) is 63.6 Å². The molecule has 0 saturated heterocycles. The summed E-state index contributed by atoms with van der Waals surface area (Å²) in [6.07, 6.45) is 1.28. The highest BCUT2D eigenvalue weighted by atomic mass is 16.6. The minimum absolute atomic E-state index is 0.270. The van der Waals surface area contributed by atoms with E-state index in [2.05, 4.69) is 0 Å². The first-order valence-corrected chi connectivity index (χ1v) is 5.50. The maximum absolute atomic E-state index is 11.3. The van der Waals surface area contributed by atoms with Crippen LogP contribution in [0.4, 0.5) is 0 Å². The maximum atomic E-state index is 11.3. The van der Waals surface area contributed by atoms with Gasteiger partial charge in [0.1, 0.15) is 5.60 Å². The number of aliphatic carboxylic acids is 1. The molecule has 0 aliphatic rings. The van der Waals surface area contributed by atoms with E-state index in [0.717, 1.165) is 0 Å². The molecule has 0 aromatic carbocycles. The fourth-order valence-electron chi connectivity index (χ4n) is 1.17. The summed E-state index contributed by atoms with van der Waals surface area (Å²) in [4.78, 5) is 22.2. The normalized spacial score (nSPS) is 12.3. The summed E-state index contributed by atoms with van der Waals surface area (Å²) in [7, 11) is 0. The lowest BCUT2D eigenvalue weighted by molar-refractivity contribution is -0.156. The largest absolute Gasteiger partial charge is 0.481 e. The van der Waals surface area contributed by atoms with Gasteiger partial charge in [0.2, 0.25) is 0 Å². The van der Waals surface area contributed by atoms with E-state index in [1.807, 2.05) is 20.8 Å². The van der Waals surface area contributed by atoms with E-state index in [0.29, 0.717) is 12.8 Å². The quantitative estimate of drug-likeness (QED) is 0.737. The van der Waals surface area contributed by atoms with Gasteiger partial charge in [0, 0.05) is 6.42 Å². The summed E-state index contributed by atoms with van der Waals surface area (Å²) in [6, 6.07) is 0. The van der Waals surface area contributed by atoms with Crippen molar-refractivity contribution < 1.29 is 19.4 Å². The summed E-state index contributed by atoms with van der Waals surface area (Å²) in [5.74, 6) is -1.11. The highest BCUT2D eigenvalue weighted by Crippen LogP contribution is 2.23. The summed E-state index contributed by atoms with van der Waals surface area (Å²) in [6.45, 7) is 8.75. The van der Waals surface area contributed by atoms with Gasteiger partial charge in [-0.2, -0.15) is 0 Å². The van der Waals surface area contributed by atoms with Crippen molar-refractivity contribution in [2.45, 2.75) is 59.5 Å². The molecule has 16 heavy (non-hydrogen) atoms. The molecule has 0 heterocycles. The van der Waals surface area contributed by atoms with Crippen LogP contribution in [0.15, 0.2) is 0 Å². The number of carboxylic acid groups (broad SMARTS) is 1. The van der Waals surface area contributed by atoms with Crippen LogP contribution in [0.5, 0.6) is 0 Å². The number of carbonyl (C=O) groups is 2. The van der Waals surface area contributed by atoms with Crippen LogP contribution in [-0.2, 0) is 14.3 Å². The second kappa shape index (κ2) is 5.32. The van der Waals surface area contributed by atoms with Gasteiger partial charge in [-0.3, -0.25) is 9.59 Å². The Bertz CT molecular complexity index is 261. The molecule has 0 radical (unpaired) electrons. The number of esters is 1. The molecule has 0 rings (SSSR count). The lowest BCUT2D eigenvalue weighted by atomic mass is 9.87. The number of rotatable bonds is 5. The van der Waals surface area contributed by atoms with Gasteiger partial charge >= 0.3 is 11.9 Å². The zero-order valence-electron chi connectivity index (χ0n) is 10.8. The maximum Gasteiger partial charge on any atom is 0.309 e. The van der Waals surface area contributed by atoms with Crippen LogP contribution < -0.4 is 0 Å². The molecule has 0 saturated carbocycles. The predicted molar refractivity (Wildman–Crippen MR) is 61.1 cm³/mol. The highest BCUT2D eigenvalue weighted by molar-refractivity contribution is 5.74. The summed E-state index contributed by atoms with van der Waals surface area (Å²) >= 11 is 0. The van der Waals surface area contributed by atoms with Crippen LogP contribution in [0, 0.1) is 5.41 Å². The minimum Gasteiger partial charge on any atom is -0.481 e. The molecular formula is C12H22O4. The molecule has 0 aliphatic carbocycles. The zero-order valence-corrected chi connectivity index (χ0v) is 10.8. The van der Waals surface area contributed by atoms with Gasteiger partial charge in [0.15, 0.2) is 0 Å². The van der Waals surface area contributed by atoms with Gasteiger partial charge in [-0.05, 0) is 47.5 Å². The molecule has 0 bridgehead atoms. The number of ether oxygens (including phenoxy) is 1. The summed E-state index contributed by atoms with van der Waals surface area (Å²) in [5.41, 5.74) is -1.25. The van der Waals surface area contributed by atoms with Crippen molar-refractivity contribution in [1.82, 2.24) is 0 Å². The summed E-state index contributed by atoms with van der Waals surface area (Å²) < 4.78 is 5.13. The SMILES string of the molecule is CC(C)(C)OC(=O)CCCC(C)(C)C(=O)O. The van der Waals surface area contributed by atoms with Gasteiger partial charge in [0.05, 0.1) is 5.41 Å². The monoisotopic (exact) mass is 230 g/mol. The Hall–Kier alpha value is -1.06. The molecule has 1 N–H and O–H groups in total. The van der Waals surface area contributed by atoms with Crippen molar-refractivity contribution in [2.24, 2.45) is 5.41 Å². The van der Waals surface area contributed by atoms with Crippen LogP contribution in [0.1, 0.15) is 53.9 Å². The molecule has 4 nitrogen and oxygen atoms in total. The van der Waals surface area contributed by atoms with Crippen molar-refractivity contribution >= 4 is 11.9 Å². The summed E-state index contributed by atoms with van der Waals surface area (Å²) in [5, 5.41) is 8.88. The first kappa shape index (κ1) is 14.9. The number of carboxylic acids is 1. The van der Waals surface area contributed by atoms with Crippen molar-refractivity contribution in [1.29, 1.82) is 0 Å². The van der Waals surface area contributed by atoms with Gasteiger partial charge in [-0.25, -0.2) is 0 Å². The number of hydrogen-bond acceptors (Lipinski definition) is 3. The van der Waals surface area contributed by atoms with E-state index >= 15 is 0 Å². The number of carbonyl (C=O) groups excluding carboxylic acids is 1. The first-order chi connectivity index (χ1) is 7.04. The third kappa shape index (κ3) is 6.43. The highest BCUT2D eigenvalue weighted by Gasteiger charge is 2.27. The average molecular weight is 230 g/mol. The van der Waals surface area contributed by atoms with E-state index in [1.165, 1.54) is 0 Å². The number of hydrogen-bond donors (Lipinski definition) is 1. The molecule has 0 unspecified atom stereocenters. The molecule has 0 aromatic rings. The molecule has 0 atom stereocenters. The van der Waals surface area contributed by atoms with Crippen LogP contribution in [-0.4, -0.2) is 22.6 Å². The molecular weight excluding hydrogens is 208 g/mol. The zero-order chi connectivity index (χ0) is 13.0. The van der Waals surface area contributed by atoms with E-state index in [-0.39, 0.29) is 12.4 Å². The molecule has 0 aliphatic heterocycles. The van der Waals surface area contributed by atoms with Crippen molar-refractivity contribution in [3.63, 3.8) is 0 Å². The Balaban J connectivity index is 3.92. The van der Waals surface area contributed by atoms with Crippen LogP contribution in [0.2, 0.25) is 0 Å². The lowest BCUT2D eigenvalue weighted by Crippen LogP contribution is -2.25. The van der Waals surface area contributed by atoms with Crippen molar-refractivity contribution in [3.05, 3.63) is 0 Å². The molecule has 0 spiro atoms. The minimum atomic E-state index is -0.836. The van der Waals surface area contributed by atoms with Crippen LogP contribution in [0.3, 0.4) is 0 Å². The Morgan fingerprint density at radius 1 is 1.12 bits per heavy atom. The molecule has 0 fully saturated rings. The fraction of sp³-hybridized carbons (Fsp3) is 0.833. The third-order valence-corrected chi connectivity index (χ3v) is 2.18. The van der Waals surface area contributed by atoms with E-state index in [9.17, 15) is 9.59 Å². The smallest absolute Gasteiger partial charge is 0.309 e. The Morgan fingerprint density at radius 2 is 1.62 bits per heavy atom. The molecule has 0 amide bonds. The fourth-order valence-corrected chi connectivity index (χ4v) is 1.17. The van der Waals surface area contributed by atoms with Crippen LogP contribution >= 0.6 is 0 Å². The second-order valence-corrected chi connectivity index (χ2v) is 5.63.